The van der Waals surface area contributed by atoms with Crippen molar-refractivity contribution in [3.8, 4) is 44.5 Å². The molecule has 2 nitrogen and oxygen atoms in total. The molecule has 3 aliphatic rings. The molecule has 0 fully saturated rings. The van der Waals surface area contributed by atoms with Crippen LogP contribution in [0, 0.1) is 0 Å². The molecule has 0 aromatic heterocycles. The molecule has 8 aromatic carbocycles. The lowest BCUT2D eigenvalue weighted by Crippen LogP contribution is -2.44. The van der Waals surface area contributed by atoms with E-state index in [4.69, 9.17) is 0 Å². The van der Waals surface area contributed by atoms with Crippen molar-refractivity contribution in [3.63, 3.8) is 0 Å². The number of aliphatic hydroxyl groups is 2. The van der Waals surface area contributed by atoms with Crippen molar-refractivity contribution >= 4 is 0 Å². The number of benzene rings is 8. The fraction of sp³-hybridized carbons (Fsp3) is 0.200. The van der Waals surface area contributed by atoms with Gasteiger partial charge >= 0.3 is 0 Å². The highest BCUT2D eigenvalue weighted by atomic mass is 16.3. The molecule has 3 aliphatic carbocycles. The second kappa shape index (κ2) is 14.1. The van der Waals surface area contributed by atoms with Gasteiger partial charge < -0.3 is 10.2 Å². The van der Waals surface area contributed by atoms with Crippen molar-refractivity contribution in [1.29, 1.82) is 0 Å². The Morgan fingerprint density at radius 3 is 0.968 bits per heavy atom. The molecule has 11 rings (SSSR count). The molecule has 0 radical (unpaired) electrons. The SMILES string of the molecule is CCC1(CC)c2ccccc2-c2ccc(-c3ccc4c(c3)C(O)(c3ccccc3)c3ccc(-c5ccc6c(c5)C(CC)(CC)c5ccccc5-6)cc3C4(O)c3ccccc3)cc21. The van der Waals surface area contributed by atoms with Gasteiger partial charge in [0, 0.05) is 10.8 Å². The van der Waals surface area contributed by atoms with E-state index in [0.29, 0.717) is 22.3 Å². The molecular formula is C60H52O2. The minimum Gasteiger partial charge on any atom is -0.376 e. The minimum atomic E-state index is -1.57. The van der Waals surface area contributed by atoms with E-state index in [9.17, 15) is 10.2 Å². The van der Waals surface area contributed by atoms with Crippen LogP contribution in [0.4, 0.5) is 0 Å². The summed E-state index contributed by atoms with van der Waals surface area (Å²) in [7, 11) is 0. The molecule has 0 saturated carbocycles. The smallest absolute Gasteiger partial charge is 0.141 e. The standard InChI is InChI=1S/C60H52O2/c1-5-57(6-2)49-25-17-15-23-45(49)47-31-27-39(35-53(47)57)41-29-33-51-55(37-41)59(61,43-19-11-9-12-20-43)52-34-30-42(38-56(52)60(51,62)44-21-13-10-14-22-44)40-28-32-48-46-24-16-18-26-50(46)58(7-3,8-4)54(48)36-40/h9-38,61-62H,5-8H2,1-4H3. The second-order valence-corrected chi connectivity index (χ2v) is 17.9. The molecular weight excluding hydrogens is 753 g/mol. The summed E-state index contributed by atoms with van der Waals surface area (Å²) in [6.07, 6.45) is 4.04. The van der Waals surface area contributed by atoms with Crippen molar-refractivity contribution in [1.82, 2.24) is 0 Å². The Morgan fingerprint density at radius 1 is 0.290 bits per heavy atom. The third-order valence-corrected chi connectivity index (χ3v) is 15.6. The molecule has 0 amide bonds. The summed E-state index contributed by atoms with van der Waals surface area (Å²) in [5.41, 5.74) is 16.0. The van der Waals surface area contributed by atoms with Crippen LogP contribution in [0.3, 0.4) is 0 Å². The molecule has 0 saturated heterocycles. The maximum absolute atomic E-state index is 13.7. The maximum atomic E-state index is 13.7. The van der Waals surface area contributed by atoms with Crippen LogP contribution in [0.25, 0.3) is 44.5 Å². The van der Waals surface area contributed by atoms with Crippen molar-refractivity contribution in [2.24, 2.45) is 0 Å². The van der Waals surface area contributed by atoms with Gasteiger partial charge in [0.2, 0.25) is 0 Å². The summed E-state index contributed by atoms with van der Waals surface area (Å²) in [6, 6.07) is 64.3. The summed E-state index contributed by atoms with van der Waals surface area (Å²) in [6.45, 7) is 9.23. The van der Waals surface area contributed by atoms with E-state index in [0.717, 1.165) is 59.1 Å². The molecule has 0 spiro atoms. The summed E-state index contributed by atoms with van der Waals surface area (Å²) >= 11 is 0. The van der Waals surface area contributed by atoms with Gasteiger partial charge in [0.15, 0.2) is 0 Å². The number of hydrogen-bond donors (Lipinski definition) is 2. The van der Waals surface area contributed by atoms with Crippen LogP contribution in [0.1, 0.15) is 109 Å². The Kier molecular flexibility index (Phi) is 8.78. The maximum Gasteiger partial charge on any atom is 0.141 e. The average Bonchev–Trinajstić information content (AvgIpc) is 3.79. The van der Waals surface area contributed by atoms with E-state index in [1.165, 1.54) is 44.5 Å². The van der Waals surface area contributed by atoms with Crippen LogP contribution in [0.5, 0.6) is 0 Å². The van der Waals surface area contributed by atoms with Gasteiger partial charge in [0.1, 0.15) is 11.2 Å². The van der Waals surface area contributed by atoms with Crippen molar-refractivity contribution in [2.75, 3.05) is 0 Å². The Hall–Kier alpha value is -6.32. The lowest BCUT2D eigenvalue weighted by Gasteiger charge is -2.45. The third-order valence-electron chi connectivity index (χ3n) is 15.6. The van der Waals surface area contributed by atoms with Crippen LogP contribution < -0.4 is 0 Å². The topological polar surface area (TPSA) is 40.5 Å². The molecule has 0 bridgehead atoms. The predicted molar refractivity (Wildman–Crippen MR) is 254 cm³/mol. The largest absolute Gasteiger partial charge is 0.376 e. The lowest BCUT2D eigenvalue weighted by atomic mass is 9.62. The zero-order valence-corrected chi connectivity index (χ0v) is 36.0. The first-order valence-electron chi connectivity index (χ1n) is 22.6. The summed E-state index contributed by atoms with van der Waals surface area (Å²) in [4.78, 5) is 0. The Labute approximate surface area is 366 Å². The van der Waals surface area contributed by atoms with Gasteiger partial charge in [0.05, 0.1) is 0 Å². The first kappa shape index (κ1) is 38.6. The van der Waals surface area contributed by atoms with E-state index < -0.39 is 11.2 Å². The zero-order valence-electron chi connectivity index (χ0n) is 36.0. The Bertz CT molecular complexity index is 2840. The van der Waals surface area contributed by atoms with Crippen molar-refractivity contribution in [2.45, 2.75) is 75.4 Å². The highest BCUT2D eigenvalue weighted by Gasteiger charge is 2.51. The highest BCUT2D eigenvalue weighted by molar-refractivity contribution is 5.86. The van der Waals surface area contributed by atoms with Gasteiger partial charge in [0.25, 0.3) is 0 Å². The van der Waals surface area contributed by atoms with Gasteiger partial charge in [-0.25, -0.2) is 0 Å². The van der Waals surface area contributed by atoms with Gasteiger partial charge in [-0.1, -0.05) is 185 Å². The summed E-state index contributed by atoms with van der Waals surface area (Å²) in [5.74, 6) is 0. The van der Waals surface area contributed by atoms with Crippen LogP contribution in [0.2, 0.25) is 0 Å². The first-order chi connectivity index (χ1) is 30.3. The van der Waals surface area contributed by atoms with E-state index >= 15 is 0 Å². The molecule has 2 N–H and O–H groups in total. The first-order valence-corrected chi connectivity index (χ1v) is 22.6. The molecule has 2 unspecified atom stereocenters. The quantitative estimate of drug-likeness (QED) is 0.161. The molecule has 62 heavy (non-hydrogen) atoms. The Balaban J connectivity index is 1.12. The lowest BCUT2D eigenvalue weighted by molar-refractivity contribution is 0.0749. The van der Waals surface area contributed by atoms with Crippen molar-refractivity contribution in [3.05, 3.63) is 238 Å². The number of hydrogen-bond acceptors (Lipinski definition) is 2. The van der Waals surface area contributed by atoms with Crippen LogP contribution in [-0.4, -0.2) is 10.2 Å². The molecule has 0 aliphatic heterocycles. The van der Waals surface area contributed by atoms with Crippen LogP contribution >= 0.6 is 0 Å². The summed E-state index contributed by atoms with van der Waals surface area (Å²) in [5, 5.41) is 27.5. The van der Waals surface area contributed by atoms with Gasteiger partial charge in [-0.15, -0.1) is 0 Å². The molecule has 0 heterocycles. The fourth-order valence-corrected chi connectivity index (χ4v) is 12.2. The molecule has 304 valence electrons. The van der Waals surface area contributed by atoms with Gasteiger partial charge in [-0.3, -0.25) is 0 Å². The Morgan fingerprint density at radius 2 is 0.597 bits per heavy atom. The van der Waals surface area contributed by atoms with Crippen LogP contribution in [-0.2, 0) is 22.0 Å². The number of rotatable bonds is 8. The predicted octanol–water partition coefficient (Wildman–Crippen LogP) is 14.1. The van der Waals surface area contributed by atoms with E-state index in [2.05, 4.69) is 149 Å². The minimum absolute atomic E-state index is 0.0669. The fourth-order valence-electron chi connectivity index (χ4n) is 12.2. The normalized spacial score (nSPS) is 19.5. The van der Waals surface area contributed by atoms with E-state index in [1.807, 2.05) is 60.7 Å². The van der Waals surface area contributed by atoms with E-state index in [-0.39, 0.29) is 10.8 Å². The average molecular weight is 805 g/mol. The monoisotopic (exact) mass is 804 g/mol. The van der Waals surface area contributed by atoms with Gasteiger partial charge in [-0.05, 0) is 150 Å². The van der Waals surface area contributed by atoms with Gasteiger partial charge in [-0.2, -0.15) is 0 Å². The molecule has 2 atom stereocenters. The highest BCUT2D eigenvalue weighted by Crippen LogP contribution is 2.58. The summed E-state index contributed by atoms with van der Waals surface area (Å²) < 4.78 is 0. The molecule has 8 aromatic rings. The van der Waals surface area contributed by atoms with Crippen molar-refractivity contribution < 1.29 is 10.2 Å². The number of fused-ring (bicyclic) bond motifs is 8. The molecule has 2 heteroatoms. The van der Waals surface area contributed by atoms with Crippen LogP contribution in [0.15, 0.2) is 182 Å². The second-order valence-electron chi connectivity index (χ2n) is 17.9. The van der Waals surface area contributed by atoms with E-state index in [1.54, 1.807) is 0 Å². The zero-order chi connectivity index (χ0) is 42.4. The third kappa shape index (κ3) is 5.05.